The van der Waals surface area contributed by atoms with E-state index in [1.165, 1.54) is 16.7 Å². The lowest BCUT2D eigenvalue weighted by Crippen LogP contribution is -2.52. The molecule has 3 aromatic rings. The van der Waals surface area contributed by atoms with E-state index in [0.717, 1.165) is 63.1 Å². The first-order chi connectivity index (χ1) is 37.0. The molecule has 0 aliphatic carbocycles. The van der Waals surface area contributed by atoms with Crippen LogP contribution in [0.25, 0.3) is 18.2 Å². The molecule has 0 atom stereocenters. The molecule has 0 saturated heterocycles. The molecule has 0 fully saturated rings. The van der Waals surface area contributed by atoms with Gasteiger partial charge in [-0.3, -0.25) is 0 Å². The second kappa shape index (κ2) is 45.4. The Morgan fingerprint density at radius 3 is 0.873 bits per heavy atom. The molecule has 0 amide bonds. The third-order valence-electron chi connectivity index (χ3n) is 11.4. The van der Waals surface area contributed by atoms with Gasteiger partial charge in [0.15, 0.2) is 33.3 Å². The number of rotatable bonds is 42. The van der Waals surface area contributed by atoms with E-state index in [1.54, 1.807) is 0 Å². The van der Waals surface area contributed by atoms with Crippen molar-refractivity contribution in [2.24, 2.45) is 0 Å². The van der Waals surface area contributed by atoms with Crippen molar-refractivity contribution in [2.75, 3.05) is 98.4 Å². The minimum atomic E-state index is -2.22. The summed E-state index contributed by atoms with van der Waals surface area (Å²) in [6.45, 7) is 34.4. The number of allylic oxidation sites excluding steroid dienone is 1. The van der Waals surface area contributed by atoms with E-state index in [0.29, 0.717) is 71.9 Å². The smallest absolute Gasteiger partial charge is 0.311 e. The van der Waals surface area contributed by atoms with E-state index in [2.05, 4.69) is 115 Å². The molecule has 0 aliphatic rings. The van der Waals surface area contributed by atoms with Crippen molar-refractivity contribution in [1.29, 1.82) is 0 Å². The number of alkyl halides is 1. The summed E-state index contributed by atoms with van der Waals surface area (Å²) in [6, 6.07) is 34.8. The molecule has 0 aliphatic heterocycles. The van der Waals surface area contributed by atoms with Gasteiger partial charge in [-0.15, -0.1) is 11.6 Å². The molecule has 0 bridgehead atoms. The Morgan fingerprint density at radius 1 is 0.354 bits per heavy atom. The second-order valence-electron chi connectivity index (χ2n) is 22.3. The zero-order valence-electron chi connectivity index (χ0n) is 50.2. The minimum Gasteiger partial charge on any atom is -0.437 e. The predicted octanol–water partition coefficient (Wildman–Crippen LogP) is 14.9. The lowest BCUT2D eigenvalue weighted by molar-refractivity contribution is 0.0585. The van der Waals surface area contributed by atoms with Crippen LogP contribution in [0.3, 0.4) is 0 Å². The van der Waals surface area contributed by atoms with Crippen LogP contribution in [0.4, 0.5) is 0 Å². The number of hydrogen-bond donors (Lipinski definition) is 2. The monoisotopic (exact) mass is 1220 g/mol. The van der Waals surface area contributed by atoms with Gasteiger partial charge in [0.1, 0.15) is 0 Å². The quantitative estimate of drug-likeness (QED) is 0.0318. The summed E-state index contributed by atoms with van der Waals surface area (Å²) in [6.07, 6.45) is 16.1. The first-order valence-corrected chi connectivity index (χ1v) is 46.9. The average Bonchev–Trinajstić information content (AvgIpc) is 3.36. The van der Waals surface area contributed by atoms with Crippen molar-refractivity contribution < 1.29 is 55.1 Å². The fraction of sp³-hybridized carbons (Fsp3) is 0.600. The van der Waals surface area contributed by atoms with Gasteiger partial charge in [0.05, 0.1) is 66.1 Å². The number of aliphatic hydroxyl groups excluding tert-OH is 2. The molecule has 0 unspecified atom stereocenters. The lowest BCUT2D eigenvalue weighted by atomic mass is 10.2. The first-order valence-electron chi connectivity index (χ1n) is 28.2. The van der Waals surface area contributed by atoms with E-state index >= 15 is 0 Å². The van der Waals surface area contributed by atoms with Crippen molar-refractivity contribution in [2.45, 2.75) is 136 Å². The average molecular weight is 1230 g/mol. The first kappa shape index (κ1) is 77.0. The van der Waals surface area contributed by atoms with E-state index in [4.69, 9.17) is 66.7 Å². The van der Waals surface area contributed by atoms with Crippen LogP contribution in [-0.4, -0.2) is 159 Å². The Kier molecular flexibility index (Phi) is 44.3. The molecule has 19 heteroatoms. The third-order valence-corrected chi connectivity index (χ3v) is 34.5. The molecule has 2 N–H and O–H groups in total. The van der Waals surface area contributed by atoms with E-state index in [-0.39, 0.29) is 20.6 Å². The molecule has 79 heavy (non-hydrogen) atoms. The van der Waals surface area contributed by atoms with Crippen LogP contribution in [0.1, 0.15) is 49.8 Å². The molecule has 3 rings (SSSR count). The normalized spacial score (nSPS) is 12.6. The summed E-state index contributed by atoms with van der Waals surface area (Å²) in [5.41, 5.74) is 3.57. The van der Waals surface area contributed by atoms with Crippen LogP contribution in [0.15, 0.2) is 109 Å². The van der Waals surface area contributed by atoms with E-state index < -0.39 is 50.4 Å². The molecule has 12 nitrogen and oxygen atoms in total. The zero-order chi connectivity index (χ0) is 57.9. The summed E-state index contributed by atoms with van der Waals surface area (Å²) < 4.78 is 60.1. The largest absolute Gasteiger partial charge is 0.437 e. The van der Waals surface area contributed by atoms with Crippen LogP contribution in [0.5, 0.6) is 0 Å². The molecule has 3 aromatic carbocycles. The number of aliphatic hydroxyl groups is 2. The van der Waals surface area contributed by atoms with Gasteiger partial charge in [-0.1, -0.05) is 135 Å². The third kappa shape index (κ3) is 47.1. The Morgan fingerprint density at radius 2 is 0.608 bits per heavy atom. The Balaban J connectivity index is 0.00000141. The van der Waals surface area contributed by atoms with Crippen molar-refractivity contribution >= 4 is 80.2 Å². The Labute approximate surface area is 492 Å². The topological polar surface area (TPSA) is 133 Å². The maximum absolute atomic E-state index is 8.72. The van der Waals surface area contributed by atoms with Gasteiger partial charge < -0.3 is 55.1 Å². The van der Waals surface area contributed by atoms with Crippen LogP contribution in [-0.2, 0) is 44.9 Å². The molecule has 0 aromatic heterocycles. The fourth-order valence-electron chi connectivity index (χ4n) is 8.62. The van der Waals surface area contributed by atoms with Gasteiger partial charge in [0.25, 0.3) is 0 Å². The highest BCUT2D eigenvalue weighted by Gasteiger charge is 2.40. The molecule has 0 spiro atoms. The summed E-state index contributed by atoms with van der Waals surface area (Å²) in [7, 11) is -11.6. The van der Waals surface area contributed by atoms with Gasteiger partial charge in [-0.05, 0) is 145 Å². The number of ether oxygens (including phenoxy) is 6. The van der Waals surface area contributed by atoms with Crippen LogP contribution in [0.2, 0.25) is 103 Å². The van der Waals surface area contributed by atoms with Crippen LogP contribution >= 0.6 is 11.6 Å². The van der Waals surface area contributed by atoms with Gasteiger partial charge in [-0.25, -0.2) is 0 Å². The highest BCUT2D eigenvalue weighted by atomic mass is 35.5. The molecule has 0 heterocycles. The van der Waals surface area contributed by atoms with Gasteiger partial charge >= 0.3 is 17.1 Å². The van der Waals surface area contributed by atoms with Crippen LogP contribution in [0, 0.1) is 0 Å². The summed E-state index contributed by atoms with van der Waals surface area (Å²) in [4.78, 5) is 0. The number of halogens is 1. The molecular weight excluding hydrogens is 1120 g/mol. The van der Waals surface area contributed by atoms with E-state index in [1.807, 2.05) is 91.0 Å². The summed E-state index contributed by atoms with van der Waals surface area (Å²) >= 11 is 5.46. The molecule has 0 saturated carbocycles. The van der Waals surface area contributed by atoms with E-state index in [9.17, 15) is 0 Å². The Bertz CT molecular complexity index is 1850. The summed E-state index contributed by atoms with van der Waals surface area (Å²) in [5, 5.41) is 17.4. The maximum Gasteiger partial charge on any atom is 0.311 e. The lowest BCUT2D eigenvalue weighted by Gasteiger charge is -2.39. The molecule has 0 radical (unpaired) electrons. The number of hydrogen-bond acceptors (Lipinski definition) is 12. The Hall–Kier alpha value is -2.01. The second-order valence-corrected chi connectivity index (χ2v) is 47.6. The fourth-order valence-corrected chi connectivity index (χ4v) is 36.7. The molecule has 452 valence electrons. The van der Waals surface area contributed by atoms with Crippen molar-refractivity contribution in [1.82, 2.24) is 0 Å². The standard InChI is InChI=1S/C34H56O6Si3.C16H40O6Si3.C9H9Cl.CH4/c1-41(2,31-15-25-37-29-27-35-23-13-21-33-17-9-7-10-18-33)39-43(5,6)40-42(3,4)32-16-26-38-30-28-36-24-14-22-34-19-11-8-12-20-34;1-23(2,15-7-11-19-13-9-17)21-25(5,6)22-24(3,4)16-8-12-20-14-10-18;10-8-4-7-9-5-2-1-3-6-9;/h7-14,17-22H,15-16,23-32H2,1-6H3;17-18H,7-16H2,1-6H3;1-7H,8H2;1H4/b21-13+,22-14+;;7-4+;. The number of benzene rings is 3. The van der Waals surface area contributed by atoms with Gasteiger partial charge in [-0.2, -0.15) is 0 Å². The predicted molar refractivity (Wildman–Crippen MR) is 350 cm³/mol. The minimum absolute atomic E-state index is 0. The highest BCUT2D eigenvalue weighted by molar-refractivity contribution is 6.88. The molecular formula is C60H109ClO12Si6. The van der Waals surface area contributed by atoms with Gasteiger partial charge in [0.2, 0.25) is 0 Å². The van der Waals surface area contributed by atoms with Crippen molar-refractivity contribution in [3.63, 3.8) is 0 Å². The van der Waals surface area contributed by atoms with Gasteiger partial charge in [0, 0.05) is 32.3 Å². The zero-order valence-corrected chi connectivity index (χ0v) is 57.0. The SMILES string of the molecule is C.C[Si](C)(CCCOCCO)O[Si](C)(C)O[Si](C)(C)CCCOCCO.C[Si](C)(CCCOCCOC/C=C/c1ccccc1)O[Si](C)(C)O[Si](C)(C)CCCOCCOC/C=C/c1ccccc1.ClC/C=C/c1ccccc1. The van der Waals surface area contributed by atoms with Crippen molar-refractivity contribution in [3.05, 3.63) is 126 Å². The van der Waals surface area contributed by atoms with Crippen molar-refractivity contribution in [3.8, 4) is 0 Å². The van der Waals surface area contributed by atoms with Crippen LogP contribution < -0.4 is 0 Å². The summed E-state index contributed by atoms with van der Waals surface area (Å²) in [5.74, 6) is 0.578. The maximum atomic E-state index is 8.72. The highest BCUT2D eigenvalue weighted by Crippen LogP contribution is 2.28.